The molecule has 0 radical (unpaired) electrons. The van der Waals surface area contributed by atoms with Crippen molar-refractivity contribution in [3.8, 4) is 0 Å². The zero-order chi connectivity index (χ0) is 13.0. The average molecular weight is 267 g/mol. The quantitative estimate of drug-likeness (QED) is 0.785. The molecule has 18 heavy (non-hydrogen) atoms. The predicted octanol–water partition coefficient (Wildman–Crippen LogP) is 4.55. The number of benzene rings is 1. The second kappa shape index (κ2) is 6.33. The fourth-order valence-electron chi connectivity index (χ4n) is 2.71. The van der Waals surface area contributed by atoms with Gasteiger partial charge in [0, 0.05) is 11.6 Å². The Kier molecular flexibility index (Phi) is 4.76. The van der Waals surface area contributed by atoms with Gasteiger partial charge < -0.3 is 11.1 Å². The van der Waals surface area contributed by atoms with Crippen LogP contribution in [0.1, 0.15) is 39.0 Å². The maximum Gasteiger partial charge on any atom is 0.0588 e. The third kappa shape index (κ3) is 3.81. The number of nitrogen functional groups attached to an aromatic ring is 1. The average Bonchev–Trinajstić information content (AvgIpc) is 2.36. The molecule has 0 spiro atoms. The molecule has 1 saturated carbocycles. The van der Waals surface area contributed by atoms with Crippen LogP contribution >= 0.6 is 11.6 Å². The minimum absolute atomic E-state index is 0.734. The highest BCUT2D eigenvalue weighted by Crippen LogP contribution is 2.30. The Morgan fingerprint density at radius 1 is 1.28 bits per heavy atom. The summed E-state index contributed by atoms with van der Waals surface area (Å²) in [5.74, 6) is 1.81. The minimum atomic E-state index is 0.734. The van der Waals surface area contributed by atoms with Crippen molar-refractivity contribution in [2.75, 3.05) is 17.6 Å². The lowest BCUT2D eigenvalue weighted by Gasteiger charge is -2.26. The number of nitrogens with one attached hydrogen (secondary N) is 1. The third-order valence-electron chi connectivity index (χ3n) is 4.02. The van der Waals surface area contributed by atoms with Gasteiger partial charge in [0.2, 0.25) is 0 Å². The summed E-state index contributed by atoms with van der Waals surface area (Å²) in [6.45, 7) is 3.35. The van der Waals surface area contributed by atoms with Gasteiger partial charge in [0.25, 0.3) is 0 Å². The van der Waals surface area contributed by atoms with Gasteiger partial charge in [0.15, 0.2) is 0 Å². The first-order valence-electron chi connectivity index (χ1n) is 6.94. The summed E-state index contributed by atoms with van der Waals surface area (Å²) in [6, 6.07) is 5.58. The Labute approximate surface area is 115 Å². The maximum atomic E-state index is 5.96. The van der Waals surface area contributed by atoms with Gasteiger partial charge in [-0.3, -0.25) is 0 Å². The number of nitrogens with two attached hydrogens (primary N) is 1. The monoisotopic (exact) mass is 266 g/mol. The Bertz CT molecular complexity index is 384. The van der Waals surface area contributed by atoms with Gasteiger partial charge in [-0.1, -0.05) is 44.2 Å². The van der Waals surface area contributed by atoms with Crippen LogP contribution in [0.2, 0.25) is 5.02 Å². The maximum absolute atomic E-state index is 5.96. The molecule has 1 aromatic carbocycles. The number of hydrogen-bond donors (Lipinski definition) is 2. The largest absolute Gasteiger partial charge is 0.397 e. The van der Waals surface area contributed by atoms with E-state index in [9.17, 15) is 0 Å². The lowest BCUT2D eigenvalue weighted by atomic mass is 9.81. The number of hydrogen-bond acceptors (Lipinski definition) is 2. The molecular formula is C15H23ClN2. The summed E-state index contributed by atoms with van der Waals surface area (Å²) < 4.78 is 0. The highest BCUT2D eigenvalue weighted by atomic mass is 35.5. The molecule has 1 fully saturated rings. The summed E-state index contributed by atoms with van der Waals surface area (Å²) >= 11 is 5.96. The van der Waals surface area contributed by atoms with E-state index < -0.39 is 0 Å². The van der Waals surface area contributed by atoms with Crippen LogP contribution in [0, 0.1) is 11.8 Å². The van der Waals surface area contributed by atoms with E-state index in [1.807, 2.05) is 18.2 Å². The molecule has 3 heteroatoms. The van der Waals surface area contributed by atoms with Gasteiger partial charge in [-0.15, -0.1) is 0 Å². The number of halogens is 1. The molecule has 0 atom stereocenters. The molecule has 0 aromatic heterocycles. The van der Waals surface area contributed by atoms with E-state index in [2.05, 4.69) is 12.2 Å². The van der Waals surface area contributed by atoms with Gasteiger partial charge in [0.05, 0.1) is 11.4 Å². The molecule has 1 aliphatic rings. The van der Waals surface area contributed by atoms with Crippen molar-refractivity contribution in [2.24, 2.45) is 11.8 Å². The molecule has 1 aromatic rings. The van der Waals surface area contributed by atoms with E-state index in [0.717, 1.165) is 34.8 Å². The van der Waals surface area contributed by atoms with Crippen LogP contribution in [-0.4, -0.2) is 6.54 Å². The Morgan fingerprint density at radius 3 is 2.72 bits per heavy atom. The van der Waals surface area contributed by atoms with E-state index in [0.29, 0.717) is 0 Å². The molecule has 0 bridgehead atoms. The molecule has 3 N–H and O–H groups in total. The van der Waals surface area contributed by atoms with E-state index >= 15 is 0 Å². The Morgan fingerprint density at radius 2 is 2.00 bits per heavy atom. The van der Waals surface area contributed by atoms with Crippen molar-refractivity contribution >= 4 is 23.0 Å². The summed E-state index contributed by atoms with van der Waals surface area (Å²) in [6.07, 6.45) is 6.79. The zero-order valence-electron chi connectivity index (χ0n) is 11.1. The fraction of sp³-hybridized carbons (Fsp3) is 0.600. The van der Waals surface area contributed by atoms with Crippen LogP contribution in [0.5, 0.6) is 0 Å². The Hall–Kier alpha value is -0.890. The highest BCUT2D eigenvalue weighted by Gasteiger charge is 2.17. The molecule has 0 saturated heterocycles. The van der Waals surface area contributed by atoms with E-state index in [4.69, 9.17) is 17.3 Å². The van der Waals surface area contributed by atoms with Gasteiger partial charge in [-0.05, 0) is 36.5 Å². The first kappa shape index (κ1) is 13.5. The van der Waals surface area contributed by atoms with Gasteiger partial charge in [-0.2, -0.15) is 0 Å². The predicted molar refractivity (Wildman–Crippen MR) is 80.1 cm³/mol. The van der Waals surface area contributed by atoms with Crippen molar-refractivity contribution in [1.29, 1.82) is 0 Å². The zero-order valence-corrected chi connectivity index (χ0v) is 11.8. The van der Waals surface area contributed by atoms with E-state index in [-0.39, 0.29) is 0 Å². The molecule has 0 aliphatic heterocycles. The smallest absolute Gasteiger partial charge is 0.0588 e. The normalized spacial score (nSPS) is 23.9. The van der Waals surface area contributed by atoms with E-state index in [1.165, 1.54) is 32.1 Å². The SMILES string of the molecule is CC1CCC(CCNc2cc(Cl)ccc2N)CC1. The molecule has 0 amide bonds. The van der Waals surface area contributed by atoms with Gasteiger partial charge in [-0.25, -0.2) is 0 Å². The summed E-state index contributed by atoms with van der Waals surface area (Å²) in [5, 5.41) is 4.14. The topological polar surface area (TPSA) is 38.0 Å². The number of rotatable bonds is 4. The van der Waals surface area contributed by atoms with Crippen molar-refractivity contribution in [1.82, 2.24) is 0 Å². The first-order valence-corrected chi connectivity index (χ1v) is 7.32. The molecule has 100 valence electrons. The molecule has 2 rings (SSSR count). The second-order valence-electron chi connectivity index (χ2n) is 5.57. The molecule has 0 heterocycles. The second-order valence-corrected chi connectivity index (χ2v) is 6.01. The highest BCUT2D eigenvalue weighted by molar-refractivity contribution is 6.31. The van der Waals surface area contributed by atoms with Gasteiger partial charge in [0.1, 0.15) is 0 Å². The minimum Gasteiger partial charge on any atom is -0.397 e. The van der Waals surface area contributed by atoms with Crippen molar-refractivity contribution in [3.63, 3.8) is 0 Å². The van der Waals surface area contributed by atoms with Crippen LogP contribution in [-0.2, 0) is 0 Å². The number of anilines is 2. The van der Waals surface area contributed by atoms with Crippen molar-refractivity contribution in [3.05, 3.63) is 23.2 Å². The fourth-order valence-corrected chi connectivity index (χ4v) is 2.88. The Balaban J connectivity index is 1.76. The van der Waals surface area contributed by atoms with Crippen LogP contribution in [0.3, 0.4) is 0 Å². The molecule has 2 nitrogen and oxygen atoms in total. The standard InChI is InChI=1S/C15H23ClN2/c1-11-2-4-12(5-3-11)8-9-18-15-10-13(16)6-7-14(15)17/h6-7,10-12,18H,2-5,8-9,17H2,1H3. The van der Waals surface area contributed by atoms with Crippen LogP contribution in [0.15, 0.2) is 18.2 Å². The molecular weight excluding hydrogens is 244 g/mol. The lowest BCUT2D eigenvalue weighted by molar-refractivity contribution is 0.282. The lowest BCUT2D eigenvalue weighted by Crippen LogP contribution is -2.16. The molecule has 0 unspecified atom stereocenters. The van der Waals surface area contributed by atoms with Crippen molar-refractivity contribution in [2.45, 2.75) is 39.0 Å². The van der Waals surface area contributed by atoms with Gasteiger partial charge >= 0.3 is 0 Å². The van der Waals surface area contributed by atoms with Crippen molar-refractivity contribution < 1.29 is 0 Å². The third-order valence-corrected chi connectivity index (χ3v) is 4.25. The van der Waals surface area contributed by atoms with Crippen LogP contribution in [0.4, 0.5) is 11.4 Å². The van der Waals surface area contributed by atoms with Crippen LogP contribution in [0.25, 0.3) is 0 Å². The summed E-state index contributed by atoms with van der Waals surface area (Å²) in [7, 11) is 0. The van der Waals surface area contributed by atoms with Crippen LogP contribution < -0.4 is 11.1 Å². The summed E-state index contributed by atoms with van der Waals surface area (Å²) in [4.78, 5) is 0. The summed E-state index contributed by atoms with van der Waals surface area (Å²) in [5.41, 5.74) is 7.64. The first-order chi connectivity index (χ1) is 8.65. The molecule has 1 aliphatic carbocycles. The van der Waals surface area contributed by atoms with E-state index in [1.54, 1.807) is 0 Å².